The summed E-state index contributed by atoms with van der Waals surface area (Å²) in [6.45, 7) is 3.56. The molecule has 0 aliphatic heterocycles. The summed E-state index contributed by atoms with van der Waals surface area (Å²) in [7, 11) is 1.34. The highest BCUT2D eigenvalue weighted by Gasteiger charge is 2.21. The van der Waals surface area contributed by atoms with Crippen LogP contribution < -0.4 is 5.56 Å². The molecule has 0 saturated heterocycles. The number of aryl methyl sites for hydroxylation is 1. The summed E-state index contributed by atoms with van der Waals surface area (Å²) in [5.41, 5.74) is 3.17. The molecule has 1 atom stereocenters. The van der Waals surface area contributed by atoms with Gasteiger partial charge in [0, 0.05) is 17.8 Å². The molecule has 0 amide bonds. The van der Waals surface area contributed by atoms with E-state index in [2.05, 4.69) is 10.1 Å². The Bertz CT molecular complexity index is 1030. The molecule has 0 radical (unpaired) electrons. The second-order valence-electron chi connectivity index (χ2n) is 6.53. The van der Waals surface area contributed by atoms with Crippen LogP contribution >= 0.6 is 0 Å². The van der Waals surface area contributed by atoms with E-state index in [1.165, 1.54) is 11.8 Å². The normalized spacial score (nSPS) is 12.6. The van der Waals surface area contributed by atoms with Crippen LogP contribution in [-0.4, -0.2) is 34.6 Å². The van der Waals surface area contributed by atoms with Crippen LogP contribution in [-0.2, 0) is 16.0 Å². The summed E-state index contributed by atoms with van der Waals surface area (Å²) in [5.74, 6) is -0.431. The van der Waals surface area contributed by atoms with E-state index in [1.807, 2.05) is 67.6 Å². The third-order valence-electron chi connectivity index (χ3n) is 4.54. The van der Waals surface area contributed by atoms with Crippen molar-refractivity contribution >= 4 is 11.7 Å². The molecule has 3 rings (SSSR count). The first kappa shape index (κ1) is 19.4. The van der Waals surface area contributed by atoms with Crippen LogP contribution in [0.5, 0.6) is 0 Å². The number of rotatable bonds is 6. The maximum absolute atomic E-state index is 12.9. The van der Waals surface area contributed by atoms with Gasteiger partial charge in [-0.1, -0.05) is 48.5 Å². The van der Waals surface area contributed by atoms with E-state index >= 15 is 0 Å². The van der Waals surface area contributed by atoms with Crippen molar-refractivity contribution in [1.82, 2.24) is 9.78 Å². The molecule has 0 spiro atoms. The molecule has 0 fully saturated rings. The molecule has 0 aliphatic rings. The van der Waals surface area contributed by atoms with E-state index in [-0.39, 0.29) is 5.56 Å². The molecule has 3 aromatic rings. The first-order valence-electron chi connectivity index (χ1n) is 9.05. The van der Waals surface area contributed by atoms with Crippen molar-refractivity contribution in [3.05, 3.63) is 87.8 Å². The Balaban J connectivity index is 1.97. The van der Waals surface area contributed by atoms with Crippen LogP contribution in [0.3, 0.4) is 0 Å². The van der Waals surface area contributed by atoms with Crippen LogP contribution in [0.25, 0.3) is 5.69 Å². The fraction of sp³-hybridized carbons (Fsp3) is 0.227. The average molecular weight is 377 g/mol. The molecule has 1 N–H and O–H groups in total. The molecular weight excluding hydrogens is 354 g/mol. The zero-order valence-corrected chi connectivity index (χ0v) is 16.2. The number of hydrogen-bond donors (Lipinski definition) is 1. The molecule has 1 aromatic heterocycles. The van der Waals surface area contributed by atoms with Gasteiger partial charge in [-0.2, -0.15) is 0 Å². The maximum Gasteiger partial charge on any atom is 0.330 e. The average Bonchev–Trinajstić information content (AvgIpc) is 3.02. The van der Waals surface area contributed by atoms with Gasteiger partial charge in [0.25, 0.3) is 5.56 Å². The highest BCUT2D eigenvalue weighted by Crippen LogP contribution is 2.12. The van der Waals surface area contributed by atoms with Gasteiger partial charge in [0.15, 0.2) is 6.04 Å². The molecular formula is C22H23N3O3. The Kier molecular flexibility index (Phi) is 5.89. The van der Waals surface area contributed by atoms with E-state index in [4.69, 9.17) is 4.74 Å². The predicted molar refractivity (Wildman–Crippen MR) is 109 cm³/mol. The third-order valence-corrected chi connectivity index (χ3v) is 4.54. The van der Waals surface area contributed by atoms with E-state index in [0.717, 1.165) is 11.3 Å². The van der Waals surface area contributed by atoms with Crippen molar-refractivity contribution in [1.29, 1.82) is 0 Å². The van der Waals surface area contributed by atoms with Gasteiger partial charge in [-0.3, -0.25) is 14.9 Å². The molecule has 0 bridgehead atoms. The topological polar surface area (TPSA) is 76.4 Å². The Labute approximate surface area is 163 Å². The zero-order valence-electron chi connectivity index (χ0n) is 16.2. The first-order valence-corrected chi connectivity index (χ1v) is 9.05. The highest BCUT2D eigenvalue weighted by molar-refractivity contribution is 6.00. The summed E-state index contributed by atoms with van der Waals surface area (Å²) in [6, 6.07) is 18.2. The largest absolute Gasteiger partial charge is 0.467 e. The van der Waals surface area contributed by atoms with Gasteiger partial charge < -0.3 is 4.74 Å². The minimum atomic E-state index is -0.716. The van der Waals surface area contributed by atoms with Crippen LogP contribution in [0.15, 0.2) is 70.5 Å². The molecule has 0 aliphatic carbocycles. The number of ether oxygens (including phenoxy) is 1. The maximum atomic E-state index is 12.9. The number of para-hydroxylation sites is 1. The Hall–Kier alpha value is -3.41. The van der Waals surface area contributed by atoms with Crippen LogP contribution in [0, 0.1) is 6.92 Å². The Morgan fingerprint density at radius 2 is 1.71 bits per heavy atom. The van der Waals surface area contributed by atoms with Gasteiger partial charge >= 0.3 is 5.97 Å². The highest BCUT2D eigenvalue weighted by atomic mass is 16.5. The van der Waals surface area contributed by atoms with Crippen molar-refractivity contribution in [2.45, 2.75) is 26.3 Å². The number of nitrogens with one attached hydrogen (secondary N) is 1. The summed E-state index contributed by atoms with van der Waals surface area (Å²) in [4.78, 5) is 29.8. The molecule has 28 heavy (non-hydrogen) atoms. The second kappa shape index (κ2) is 8.52. The van der Waals surface area contributed by atoms with E-state index in [0.29, 0.717) is 23.4 Å². The number of carbonyl (C=O) groups excluding carboxylic acids is 1. The number of aromatic amines is 1. The van der Waals surface area contributed by atoms with Crippen molar-refractivity contribution in [2.75, 3.05) is 7.11 Å². The minimum absolute atomic E-state index is 0.201. The smallest absolute Gasteiger partial charge is 0.330 e. The Morgan fingerprint density at radius 1 is 1.11 bits per heavy atom. The lowest BCUT2D eigenvalue weighted by molar-refractivity contribution is -0.142. The molecule has 6 heteroatoms. The standard InChI is InChI=1S/C22H23N3O3/c1-15(23-19(22(27)28-3)14-17-10-6-4-7-11-17)20-16(2)24-25(21(20)26)18-12-8-5-9-13-18/h4-13,19,24H,14H2,1-3H3/t19-/m0/s1. The molecule has 0 unspecified atom stereocenters. The molecule has 144 valence electrons. The second-order valence-corrected chi connectivity index (χ2v) is 6.53. The van der Waals surface area contributed by atoms with Crippen LogP contribution in [0.4, 0.5) is 0 Å². The van der Waals surface area contributed by atoms with Crippen molar-refractivity contribution < 1.29 is 9.53 Å². The lowest BCUT2D eigenvalue weighted by Gasteiger charge is -2.12. The number of aromatic nitrogens is 2. The number of esters is 1. The first-order chi connectivity index (χ1) is 13.5. The molecule has 6 nitrogen and oxygen atoms in total. The quantitative estimate of drug-likeness (QED) is 0.530. The van der Waals surface area contributed by atoms with E-state index in [1.54, 1.807) is 6.92 Å². The van der Waals surface area contributed by atoms with Gasteiger partial charge in [-0.15, -0.1) is 0 Å². The zero-order chi connectivity index (χ0) is 20.1. The molecule has 0 saturated carbocycles. The number of benzene rings is 2. The number of nitrogens with zero attached hydrogens (tertiary/aromatic N) is 2. The SMILES string of the molecule is COC(=O)[C@H](Cc1ccccc1)N=C(C)c1c(C)[nH]n(-c2ccccc2)c1=O. The van der Waals surface area contributed by atoms with Gasteiger partial charge in [-0.05, 0) is 31.5 Å². The summed E-state index contributed by atoms with van der Waals surface area (Å²) in [5, 5.41) is 3.08. The number of methoxy groups -OCH3 is 1. The van der Waals surface area contributed by atoms with Crippen molar-refractivity contribution in [2.24, 2.45) is 4.99 Å². The summed E-state index contributed by atoms with van der Waals surface area (Å²) in [6.07, 6.45) is 0.404. The lowest BCUT2D eigenvalue weighted by Crippen LogP contribution is -2.26. The monoisotopic (exact) mass is 377 g/mol. The predicted octanol–water partition coefficient (Wildman–Crippen LogP) is 3.07. The third kappa shape index (κ3) is 4.11. The summed E-state index contributed by atoms with van der Waals surface area (Å²) < 4.78 is 6.40. The van der Waals surface area contributed by atoms with Gasteiger partial charge in [0.2, 0.25) is 0 Å². The fourth-order valence-electron chi connectivity index (χ4n) is 3.18. The van der Waals surface area contributed by atoms with Crippen molar-refractivity contribution in [3.63, 3.8) is 0 Å². The lowest BCUT2D eigenvalue weighted by atomic mass is 10.1. The minimum Gasteiger partial charge on any atom is -0.467 e. The van der Waals surface area contributed by atoms with E-state index in [9.17, 15) is 9.59 Å². The molecule has 1 heterocycles. The molecule has 2 aromatic carbocycles. The van der Waals surface area contributed by atoms with Crippen LogP contribution in [0.2, 0.25) is 0 Å². The number of carbonyl (C=O) groups is 1. The van der Waals surface area contributed by atoms with Gasteiger partial charge in [-0.25, -0.2) is 9.48 Å². The van der Waals surface area contributed by atoms with Crippen LogP contribution in [0.1, 0.15) is 23.7 Å². The fourth-order valence-corrected chi connectivity index (χ4v) is 3.18. The Morgan fingerprint density at radius 3 is 2.32 bits per heavy atom. The van der Waals surface area contributed by atoms with Crippen molar-refractivity contribution in [3.8, 4) is 5.69 Å². The van der Waals surface area contributed by atoms with E-state index < -0.39 is 12.0 Å². The number of aliphatic imine (C=N–C) groups is 1. The summed E-state index contributed by atoms with van der Waals surface area (Å²) >= 11 is 0. The van der Waals surface area contributed by atoms with Gasteiger partial charge in [0.05, 0.1) is 18.4 Å². The number of H-pyrrole nitrogens is 1. The number of hydrogen-bond acceptors (Lipinski definition) is 4. The van der Waals surface area contributed by atoms with Gasteiger partial charge in [0.1, 0.15) is 0 Å².